The number of nitrogen functional groups attached to an aromatic ring is 2. The Kier molecular flexibility index (Phi) is 4.10. The summed E-state index contributed by atoms with van der Waals surface area (Å²) in [6.45, 7) is 0. The second kappa shape index (κ2) is 6.36. The minimum Gasteiger partial charge on any atom is -0.496 e. The second-order valence-electron chi connectivity index (χ2n) is 5.21. The fourth-order valence-electron chi connectivity index (χ4n) is 2.50. The average molecular weight is 306 g/mol. The van der Waals surface area contributed by atoms with Gasteiger partial charge in [-0.25, -0.2) is 4.98 Å². The number of methoxy groups -OCH3 is 1. The second-order valence-corrected chi connectivity index (χ2v) is 5.21. The molecule has 1 aromatic heterocycles. The van der Waals surface area contributed by atoms with E-state index in [0.29, 0.717) is 12.2 Å². The number of hydrogen-bond donors (Lipinski definition) is 2. The highest BCUT2D eigenvalue weighted by molar-refractivity contribution is 5.66. The molecule has 3 aromatic rings. The molecule has 5 heteroatoms. The largest absolute Gasteiger partial charge is 0.496 e. The molecule has 0 unspecified atom stereocenters. The topological polar surface area (TPSA) is 87.0 Å². The molecule has 5 nitrogen and oxygen atoms in total. The number of nitrogens with zero attached hydrogens (tertiary/aromatic N) is 2. The van der Waals surface area contributed by atoms with Gasteiger partial charge in [0.25, 0.3) is 0 Å². The molecule has 0 radical (unpaired) electrons. The smallest absolute Gasteiger partial charge is 0.221 e. The summed E-state index contributed by atoms with van der Waals surface area (Å²) in [6.07, 6.45) is 2.24. The van der Waals surface area contributed by atoms with Crippen molar-refractivity contribution in [2.75, 3.05) is 18.6 Å². The molecule has 2 aromatic carbocycles. The summed E-state index contributed by atoms with van der Waals surface area (Å²) in [4.78, 5) is 8.03. The number of aromatic nitrogens is 2. The Morgan fingerprint density at radius 3 is 2.43 bits per heavy atom. The predicted molar refractivity (Wildman–Crippen MR) is 92.1 cm³/mol. The number of ether oxygens (including phenoxy) is 1. The van der Waals surface area contributed by atoms with Crippen molar-refractivity contribution in [3.63, 3.8) is 0 Å². The Bertz CT molecular complexity index is 819. The van der Waals surface area contributed by atoms with Crippen molar-refractivity contribution in [1.82, 2.24) is 9.97 Å². The molecule has 0 bridgehead atoms. The van der Waals surface area contributed by atoms with E-state index < -0.39 is 0 Å². The molecule has 0 saturated heterocycles. The van der Waals surface area contributed by atoms with Gasteiger partial charge in [-0.05, 0) is 28.8 Å². The normalized spacial score (nSPS) is 10.5. The minimum atomic E-state index is 0.177. The first-order valence-electron chi connectivity index (χ1n) is 7.26. The van der Waals surface area contributed by atoms with Gasteiger partial charge in [-0.1, -0.05) is 36.4 Å². The molecule has 0 atom stereocenters. The van der Waals surface area contributed by atoms with E-state index in [-0.39, 0.29) is 5.95 Å². The van der Waals surface area contributed by atoms with Gasteiger partial charge in [0.2, 0.25) is 5.95 Å². The molecule has 0 aliphatic rings. The Morgan fingerprint density at radius 1 is 0.957 bits per heavy atom. The number of benzene rings is 2. The lowest BCUT2D eigenvalue weighted by molar-refractivity contribution is 0.410. The van der Waals surface area contributed by atoms with Crippen molar-refractivity contribution >= 4 is 11.8 Å². The Balaban J connectivity index is 2.00. The lowest BCUT2D eigenvalue weighted by Gasteiger charge is -2.12. The average Bonchev–Trinajstić information content (AvgIpc) is 2.58. The van der Waals surface area contributed by atoms with Crippen LogP contribution in [0.4, 0.5) is 11.8 Å². The van der Waals surface area contributed by atoms with Crippen LogP contribution < -0.4 is 16.2 Å². The third-order valence-electron chi connectivity index (χ3n) is 3.69. The van der Waals surface area contributed by atoms with Gasteiger partial charge in [-0.2, -0.15) is 4.98 Å². The first-order chi connectivity index (χ1) is 11.2. The Hall–Kier alpha value is -3.08. The molecular weight excluding hydrogens is 288 g/mol. The molecule has 0 aliphatic carbocycles. The summed E-state index contributed by atoms with van der Waals surface area (Å²) in [5, 5.41) is 0. The number of anilines is 2. The molecule has 0 spiro atoms. The SMILES string of the molecule is COc1ccc(-c2ccccc2)cc1Cc1cnc(N)nc1N. The van der Waals surface area contributed by atoms with Gasteiger partial charge in [0.1, 0.15) is 11.6 Å². The van der Waals surface area contributed by atoms with E-state index in [1.54, 1.807) is 13.3 Å². The van der Waals surface area contributed by atoms with Crippen LogP contribution >= 0.6 is 0 Å². The zero-order valence-electron chi connectivity index (χ0n) is 12.9. The highest BCUT2D eigenvalue weighted by Gasteiger charge is 2.10. The van der Waals surface area contributed by atoms with Crippen molar-refractivity contribution in [2.45, 2.75) is 6.42 Å². The zero-order chi connectivity index (χ0) is 16.2. The van der Waals surface area contributed by atoms with Gasteiger partial charge >= 0.3 is 0 Å². The van der Waals surface area contributed by atoms with Crippen molar-refractivity contribution in [3.8, 4) is 16.9 Å². The van der Waals surface area contributed by atoms with Crippen LogP contribution in [0.1, 0.15) is 11.1 Å². The van der Waals surface area contributed by atoms with Crippen molar-refractivity contribution in [1.29, 1.82) is 0 Å². The maximum Gasteiger partial charge on any atom is 0.221 e. The van der Waals surface area contributed by atoms with Crippen LogP contribution in [0, 0.1) is 0 Å². The molecule has 116 valence electrons. The van der Waals surface area contributed by atoms with Crippen LogP contribution in [0.2, 0.25) is 0 Å². The monoisotopic (exact) mass is 306 g/mol. The lowest BCUT2D eigenvalue weighted by atomic mass is 9.99. The third-order valence-corrected chi connectivity index (χ3v) is 3.69. The molecule has 23 heavy (non-hydrogen) atoms. The summed E-state index contributed by atoms with van der Waals surface area (Å²) in [5.74, 6) is 1.38. The predicted octanol–water partition coefficient (Wildman–Crippen LogP) is 2.91. The van der Waals surface area contributed by atoms with E-state index in [4.69, 9.17) is 16.2 Å². The summed E-state index contributed by atoms with van der Waals surface area (Å²) < 4.78 is 5.47. The minimum absolute atomic E-state index is 0.177. The van der Waals surface area contributed by atoms with Crippen LogP contribution in [0.3, 0.4) is 0 Å². The first-order valence-corrected chi connectivity index (χ1v) is 7.26. The van der Waals surface area contributed by atoms with Crippen molar-refractivity contribution < 1.29 is 4.74 Å². The number of hydrogen-bond acceptors (Lipinski definition) is 5. The van der Waals surface area contributed by atoms with Gasteiger partial charge in [-0.3, -0.25) is 0 Å². The molecule has 0 aliphatic heterocycles. The van der Waals surface area contributed by atoms with E-state index in [0.717, 1.165) is 28.0 Å². The zero-order valence-corrected chi connectivity index (χ0v) is 12.9. The fourth-order valence-corrected chi connectivity index (χ4v) is 2.50. The quantitative estimate of drug-likeness (QED) is 0.774. The molecular formula is C18H18N4O. The Morgan fingerprint density at radius 2 is 1.74 bits per heavy atom. The van der Waals surface area contributed by atoms with Crippen molar-refractivity contribution in [3.05, 3.63) is 65.9 Å². The number of nitrogens with two attached hydrogens (primary N) is 2. The van der Waals surface area contributed by atoms with Crippen molar-refractivity contribution in [2.24, 2.45) is 0 Å². The van der Waals surface area contributed by atoms with E-state index in [1.807, 2.05) is 30.3 Å². The maximum atomic E-state index is 5.94. The molecule has 1 heterocycles. The number of rotatable bonds is 4. The van der Waals surface area contributed by atoms with Gasteiger partial charge in [0, 0.05) is 18.2 Å². The first kappa shape index (κ1) is 14.8. The molecule has 0 amide bonds. The van der Waals surface area contributed by atoms with Crippen LogP contribution in [0.15, 0.2) is 54.7 Å². The summed E-state index contributed by atoms with van der Waals surface area (Å²) >= 11 is 0. The highest BCUT2D eigenvalue weighted by atomic mass is 16.5. The van der Waals surface area contributed by atoms with Gasteiger partial charge < -0.3 is 16.2 Å². The Labute approximate surface area is 135 Å². The van der Waals surface area contributed by atoms with Gasteiger partial charge in [-0.15, -0.1) is 0 Å². The van der Waals surface area contributed by atoms with Gasteiger partial charge in [0.15, 0.2) is 0 Å². The summed E-state index contributed by atoms with van der Waals surface area (Å²) in [7, 11) is 1.66. The third kappa shape index (κ3) is 3.23. The summed E-state index contributed by atoms with van der Waals surface area (Å²) in [6, 6.07) is 16.3. The standard InChI is InChI=1S/C18H18N4O/c1-23-16-8-7-13(12-5-3-2-4-6-12)9-14(16)10-15-11-21-18(20)22-17(15)19/h2-9,11H,10H2,1H3,(H4,19,20,21,22). The maximum absolute atomic E-state index is 5.94. The van der Waals surface area contributed by atoms with Crippen LogP contribution in [0.25, 0.3) is 11.1 Å². The van der Waals surface area contributed by atoms with E-state index in [9.17, 15) is 0 Å². The van der Waals surface area contributed by atoms with Crippen LogP contribution in [-0.2, 0) is 6.42 Å². The van der Waals surface area contributed by atoms with E-state index >= 15 is 0 Å². The van der Waals surface area contributed by atoms with E-state index in [1.165, 1.54) is 0 Å². The highest BCUT2D eigenvalue weighted by Crippen LogP contribution is 2.29. The molecule has 0 fully saturated rings. The molecule has 3 rings (SSSR count). The molecule has 0 saturated carbocycles. The van der Waals surface area contributed by atoms with Crippen LogP contribution in [0.5, 0.6) is 5.75 Å². The summed E-state index contributed by atoms with van der Waals surface area (Å²) in [5.41, 5.74) is 15.6. The van der Waals surface area contributed by atoms with Gasteiger partial charge in [0.05, 0.1) is 7.11 Å². The lowest BCUT2D eigenvalue weighted by Crippen LogP contribution is -2.04. The molecule has 4 N–H and O–H groups in total. The fraction of sp³-hybridized carbons (Fsp3) is 0.111. The van der Waals surface area contributed by atoms with E-state index in [2.05, 4.69) is 28.2 Å². The van der Waals surface area contributed by atoms with Crippen LogP contribution in [-0.4, -0.2) is 17.1 Å².